The Morgan fingerprint density at radius 3 is 2.62 bits per heavy atom. The maximum absolute atomic E-state index is 11.2. The van der Waals surface area contributed by atoms with Crippen LogP contribution in [0.1, 0.15) is 10.4 Å². The molecule has 2 N–H and O–H groups in total. The molecule has 0 radical (unpaired) electrons. The molecule has 1 aliphatic heterocycles. The quantitative estimate of drug-likeness (QED) is 0.673. The highest BCUT2D eigenvalue weighted by Crippen LogP contribution is 2.36. The van der Waals surface area contributed by atoms with Gasteiger partial charge in [-0.1, -0.05) is 0 Å². The summed E-state index contributed by atoms with van der Waals surface area (Å²) in [4.78, 5) is 22.1. The monoisotopic (exact) mass is 241 g/mol. The summed E-state index contributed by atoms with van der Waals surface area (Å²) in [6.45, 7) is 0. The lowest BCUT2D eigenvalue weighted by atomic mass is 10.1. The Bertz CT molecular complexity index is 428. The highest BCUT2D eigenvalue weighted by Gasteiger charge is 2.32. The normalized spacial score (nSPS) is 14.2. The zero-order chi connectivity index (χ0) is 9.59. The number of hydrogen-bond donors (Lipinski definition) is 2. The molecule has 0 saturated heterocycles. The lowest BCUT2D eigenvalue weighted by Gasteiger charge is -2.01. The van der Waals surface area contributed by atoms with Crippen LogP contribution in [0.15, 0.2) is 16.6 Å². The van der Waals surface area contributed by atoms with Gasteiger partial charge in [0.25, 0.3) is 11.7 Å². The van der Waals surface area contributed by atoms with Gasteiger partial charge in [0, 0.05) is 4.47 Å². The van der Waals surface area contributed by atoms with Gasteiger partial charge in [0.15, 0.2) is 0 Å². The number of halogens is 1. The molecular formula is C8H4BrNO3. The fraction of sp³-hybridized carbons (Fsp3) is 0. The zero-order valence-corrected chi connectivity index (χ0v) is 7.88. The van der Waals surface area contributed by atoms with Crippen LogP contribution in [0.3, 0.4) is 0 Å². The van der Waals surface area contributed by atoms with Crippen molar-refractivity contribution in [3.63, 3.8) is 0 Å². The summed E-state index contributed by atoms with van der Waals surface area (Å²) in [6, 6.07) is 2.92. The molecular weight excluding hydrogens is 238 g/mol. The Morgan fingerprint density at radius 2 is 2.00 bits per heavy atom. The first-order valence-electron chi connectivity index (χ1n) is 3.48. The number of carbonyl (C=O) groups is 2. The van der Waals surface area contributed by atoms with Crippen molar-refractivity contribution >= 4 is 33.3 Å². The second kappa shape index (κ2) is 2.56. The summed E-state index contributed by atoms with van der Waals surface area (Å²) < 4.78 is 0.583. The van der Waals surface area contributed by atoms with Crippen molar-refractivity contribution in [3.05, 3.63) is 22.2 Å². The van der Waals surface area contributed by atoms with Crippen LogP contribution in [-0.4, -0.2) is 16.8 Å². The second-order valence-corrected chi connectivity index (χ2v) is 3.45. The highest BCUT2D eigenvalue weighted by atomic mass is 79.9. The van der Waals surface area contributed by atoms with E-state index in [-0.39, 0.29) is 11.3 Å². The topological polar surface area (TPSA) is 66.4 Å². The van der Waals surface area contributed by atoms with Crippen LogP contribution in [-0.2, 0) is 4.79 Å². The van der Waals surface area contributed by atoms with Crippen molar-refractivity contribution in [3.8, 4) is 5.75 Å². The third-order valence-corrected chi connectivity index (χ3v) is 2.47. The number of ketones is 1. The van der Waals surface area contributed by atoms with E-state index in [4.69, 9.17) is 0 Å². The number of hydrogen-bond acceptors (Lipinski definition) is 3. The molecule has 0 unspecified atom stereocenters. The van der Waals surface area contributed by atoms with Gasteiger partial charge in [-0.25, -0.2) is 0 Å². The van der Waals surface area contributed by atoms with Crippen LogP contribution in [0.2, 0.25) is 0 Å². The highest BCUT2D eigenvalue weighted by molar-refractivity contribution is 9.10. The lowest BCUT2D eigenvalue weighted by molar-refractivity contribution is -0.112. The maximum atomic E-state index is 11.2. The van der Waals surface area contributed by atoms with E-state index in [1.165, 1.54) is 6.07 Å². The van der Waals surface area contributed by atoms with Gasteiger partial charge in [-0.05, 0) is 28.1 Å². The number of phenols is 1. The molecule has 1 aromatic rings. The first kappa shape index (κ1) is 8.25. The van der Waals surface area contributed by atoms with E-state index < -0.39 is 11.7 Å². The van der Waals surface area contributed by atoms with Crippen LogP contribution in [0.25, 0.3) is 0 Å². The van der Waals surface area contributed by atoms with Crippen molar-refractivity contribution in [2.45, 2.75) is 0 Å². The molecule has 1 aromatic carbocycles. The summed E-state index contributed by atoms with van der Waals surface area (Å²) >= 11 is 3.16. The molecule has 66 valence electrons. The summed E-state index contributed by atoms with van der Waals surface area (Å²) in [5.41, 5.74) is 0.384. The van der Waals surface area contributed by atoms with Crippen LogP contribution in [0, 0.1) is 0 Å². The Kier molecular flexibility index (Phi) is 1.63. The van der Waals surface area contributed by atoms with Crippen LogP contribution in [0.5, 0.6) is 5.75 Å². The number of anilines is 1. The van der Waals surface area contributed by atoms with Crippen molar-refractivity contribution < 1.29 is 14.7 Å². The number of fused-ring (bicyclic) bond motifs is 1. The molecule has 0 atom stereocenters. The molecule has 0 aliphatic carbocycles. The number of amides is 1. The van der Waals surface area contributed by atoms with Gasteiger partial charge in [0.2, 0.25) is 0 Å². The number of carbonyl (C=O) groups excluding carboxylic acids is 2. The summed E-state index contributed by atoms with van der Waals surface area (Å²) in [7, 11) is 0. The Balaban J connectivity index is 2.75. The largest absolute Gasteiger partial charge is 0.507 e. The fourth-order valence-electron chi connectivity index (χ4n) is 1.20. The lowest BCUT2D eigenvalue weighted by Crippen LogP contribution is -2.12. The number of aromatic hydroxyl groups is 1. The molecule has 0 saturated carbocycles. The first-order chi connectivity index (χ1) is 6.11. The summed E-state index contributed by atoms with van der Waals surface area (Å²) in [6.07, 6.45) is 0. The Labute approximate surface area is 81.7 Å². The minimum atomic E-state index is -0.711. The summed E-state index contributed by atoms with van der Waals surface area (Å²) in [5, 5.41) is 11.7. The second-order valence-electron chi connectivity index (χ2n) is 2.60. The van der Waals surface area contributed by atoms with Gasteiger partial charge in [-0.15, -0.1) is 0 Å². The number of benzene rings is 1. The molecule has 0 spiro atoms. The minimum Gasteiger partial charge on any atom is -0.507 e. The number of nitrogens with one attached hydrogen (secondary N) is 1. The third kappa shape index (κ3) is 1.04. The van der Waals surface area contributed by atoms with E-state index in [1.54, 1.807) is 6.07 Å². The SMILES string of the molecule is O=C1Nc2c(Br)ccc(O)c2C1=O. The van der Waals surface area contributed by atoms with E-state index in [1.807, 2.05) is 0 Å². The van der Waals surface area contributed by atoms with Gasteiger partial charge in [0.05, 0.1) is 11.3 Å². The Morgan fingerprint density at radius 1 is 1.31 bits per heavy atom. The zero-order valence-electron chi connectivity index (χ0n) is 6.30. The van der Waals surface area contributed by atoms with Crippen molar-refractivity contribution in [1.29, 1.82) is 0 Å². The third-order valence-electron chi connectivity index (χ3n) is 1.80. The molecule has 2 rings (SSSR count). The molecule has 4 nitrogen and oxygen atoms in total. The average Bonchev–Trinajstić information content (AvgIpc) is 2.38. The molecule has 0 aromatic heterocycles. The average molecular weight is 242 g/mol. The van der Waals surface area contributed by atoms with Crippen molar-refractivity contribution in [2.24, 2.45) is 0 Å². The van der Waals surface area contributed by atoms with Crippen LogP contribution in [0.4, 0.5) is 5.69 Å². The Hall–Kier alpha value is -1.36. The fourth-order valence-corrected chi connectivity index (χ4v) is 1.63. The van der Waals surface area contributed by atoms with E-state index in [0.717, 1.165) is 0 Å². The van der Waals surface area contributed by atoms with Crippen LogP contribution < -0.4 is 5.32 Å². The standard InChI is InChI=1S/C8H4BrNO3/c9-3-1-2-4(11)5-6(3)10-8(13)7(5)12/h1-2,11H,(H,10,12,13). The molecule has 0 fully saturated rings. The predicted molar refractivity (Wildman–Crippen MR) is 48.8 cm³/mol. The molecule has 5 heteroatoms. The van der Waals surface area contributed by atoms with Gasteiger partial charge in [0.1, 0.15) is 5.75 Å². The van der Waals surface area contributed by atoms with Crippen molar-refractivity contribution in [1.82, 2.24) is 0 Å². The van der Waals surface area contributed by atoms with Crippen LogP contribution >= 0.6 is 15.9 Å². The predicted octanol–water partition coefficient (Wildman–Crippen LogP) is 1.29. The molecule has 1 heterocycles. The molecule has 0 bridgehead atoms. The molecule has 1 aliphatic rings. The van der Waals surface area contributed by atoms with Gasteiger partial charge >= 0.3 is 0 Å². The van der Waals surface area contributed by atoms with E-state index >= 15 is 0 Å². The van der Waals surface area contributed by atoms with Crippen molar-refractivity contribution in [2.75, 3.05) is 5.32 Å². The number of rotatable bonds is 0. The van der Waals surface area contributed by atoms with Gasteiger partial charge in [-0.2, -0.15) is 0 Å². The van der Waals surface area contributed by atoms with E-state index in [9.17, 15) is 14.7 Å². The minimum absolute atomic E-state index is 0.0411. The number of phenolic OH excluding ortho intramolecular Hbond substituents is 1. The molecule has 1 amide bonds. The van der Waals surface area contributed by atoms with E-state index in [2.05, 4.69) is 21.2 Å². The maximum Gasteiger partial charge on any atom is 0.297 e. The van der Waals surface area contributed by atoms with E-state index in [0.29, 0.717) is 10.2 Å². The smallest absolute Gasteiger partial charge is 0.297 e. The van der Waals surface area contributed by atoms with Gasteiger partial charge in [-0.3, -0.25) is 9.59 Å². The first-order valence-corrected chi connectivity index (χ1v) is 4.27. The molecule has 13 heavy (non-hydrogen) atoms. The van der Waals surface area contributed by atoms with Gasteiger partial charge < -0.3 is 10.4 Å². The number of Topliss-reactive ketones (excluding diaryl/α,β-unsaturated/α-hetero) is 1. The summed E-state index contributed by atoms with van der Waals surface area (Å²) in [5.74, 6) is -1.59.